The van der Waals surface area contributed by atoms with E-state index < -0.39 is 11.1 Å². The van der Waals surface area contributed by atoms with Gasteiger partial charge >= 0.3 is 6.18 Å². The van der Waals surface area contributed by atoms with Gasteiger partial charge in [0.25, 0.3) is 0 Å². The van der Waals surface area contributed by atoms with E-state index in [4.69, 9.17) is 4.74 Å². The highest BCUT2D eigenvalue weighted by Crippen LogP contribution is 2.37. The van der Waals surface area contributed by atoms with Crippen molar-refractivity contribution in [3.05, 3.63) is 11.1 Å². The lowest BCUT2D eigenvalue weighted by molar-refractivity contribution is -0.134. The molecule has 130 valence electrons. The van der Waals surface area contributed by atoms with Crippen molar-refractivity contribution < 1.29 is 17.9 Å². The molecule has 0 bridgehead atoms. The third-order valence-electron chi connectivity index (χ3n) is 4.62. The lowest BCUT2D eigenvalue weighted by Crippen LogP contribution is -2.39. The molecule has 0 spiro atoms. The number of rotatable bonds is 4. The van der Waals surface area contributed by atoms with Gasteiger partial charge in [0.1, 0.15) is 4.88 Å². The number of aromatic nitrogens is 1. The molecule has 0 radical (unpaired) electrons. The van der Waals surface area contributed by atoms with Crippen molar-refractivity contribution in [3.8, 4) is 0 Å². The summed E-state index contributed by atoms with van der Waals surface area (Å²) in [5.74, 6) is 0.663. The molecule has 0 amide bonds. The summed E-state index contributed by atoms with van der Waals surface area (Å²) < 4.78 is 43.3. The van der Waals surface area contributed by atoms with E-state index in [-0.39, 0.29) is 0 Å². The Morgan fingerprint density at radius 1 is 1.17 bits per heavy atom. The molecule has 4 nitrogen and oxygen atoms in total. The third kappa shape index (κ3) is 4.58. The quantitative estimate of drug-likeness (QED) is 0.835. The smallest absolute Gasteiger partial charge is 0.379 e. The van der Waals surface area contributed by atoms with Crippen LogP contribution >= 0.6 is 11.3 Å². The maximum absolute atomic E-state index is 12.6. The van der Waals surface area contributed by atoms with Gasteiger partial charge in [0.05, 0.1) is 19.4 Å². The zero-order valence-electron chi connectivity index (χ0n) is 13.0. The van der Waals surface area contributed by atoms with Crippen LogP contribution in [0.5, 0.6) is 0 Å². The van der Waals surface area contributed by atoms with Gasteiger partial charge in [-0.25, -0.2) is 4.98 Å². The zero-order chi connectivity index (χ0) is 16.3. The first kappa shape index (κ1) is 17.0. The molecule has 1 aromatic heterocycles. The van der Waals surface area contributed by atoms with Crippen LogP contribution in [-0.2, 0) is 10.9 Å². The Kier molecular flexibility index (Phi) is 5.43. The number of piperidine rings is 1. The second-order valence-electron chi connectivity index (χ2n) is 6.18. The first-order chi connectivity index (χ1) is 11.0. The van der Waals surface area contributed by atoms with Gasteiger partial charge in [0.15, 0.2) is 5.13 Å². The molecule has 2 aliphatic heterocycles. The monoisotopic (exact) mass is 349 g/mol. The van der Waals surface area contributed by atoms with E-state index >= 15 is 0 Å². The first-order valence-electron chi connectivity index (χ1n) is 8.10. The molecule has 1 aromatic rings. The number of thiazole rings is 1. The molecular formula is C15H22F3N3OS. The summed E-state index contributed by atoms with van der Waals surface area (Å²) in [5.41, 5.74) is 0. The Morgan fingerprint density at radius 2 is 1.87 bits per heavy atom. The predicted molar refractivity (Wildman–Crippen MR) is 83.9 cm³/mol. The molecule has 23 heavy (non-hydrogen) atoms. The summed E-state index contributed by atoms with van der Waals surface area (Å²) in [4.78, 5) is 7.77. The van der Waals surface area contributed by atoms with E-state index in [1.54, 1.807) is 0 Å². The second kappa shape index (κ2) is 7.36. The Balaban J connectivity index is 1.44. The molecule has 0 atom stereocenters. The SMILES string of the molecule is FC(F)(F)c1cnc(N2CCC(CCN3CCOCC3)CC2)s1. The van der Waals surface area contributed by atoms with Crippen molar-refractivity contribution in [2.45, 2.75) is 25.4 Å². The van der Waals surface area contributed by atoms with E-state index in [0.717, 1.165) is 76.3 Å². The number of hydrogen-bond acceptors (Lipinski definition) is 5. The summed E-state index contributed by atoms with van der Waals surface area (Å²) in [7, 11) is 0. The van der Waals surface area contributed by atoms with E-state index in [0.29, 0.717) is 11.0 Å². The topological polar surface area (TPSA) is 28.6 Å². The van der Waals surface area contributed by atoms with Crippen molar-refractivity contribution in [3.63, 3.8) is 0 Å². The number of nitrogens with zero attached hydrogens (tertiary/aromatic N) is 3. The zero-order valence-corrected chi connectivity index (χ0v) is 13.8. The van der Waals surface area contributed by atoms with Crippen LogP contribution in [0.3, 0.4) is 0 Å². The number of halogens is 3. The second-order valence-corrected chi connectivity index (χ2v) is 7.19. The summed E-state index contributed by atoms with van der Waals surface area (Å²) in [5, 5.41) is 0.504. The van der Waals surface area contributed by atoms with E-state index in [9.17, 15) is 13.2 Å². The highest BCUT2D eigenvalue weighted by Gasteiger charge is 2.34. The first-order valence-corrected chi connectivity index (χ1v) is 8.92. The molecule has 2 saturated heterocycles. The molecule has 2 aliphatic rings. The van der Waals surface area contributed by atoms with Crippen molar-refractivity contribution in [1.29, 1.82) is 0 Å². The summed E-state index contributed by atoms with van der Waals surface area (Å²) in [6, 6.07) is 0. The highest BCUT2D eigenvalue weighted by molar-refractivity contribution is 7.15. The van der Waals surface area contributed by atoms with Gasteiger partial charge in [0, 0.05) is 26.2 Å². The third-order valence-corrected chi connectivity index (χ3v) is 5.72. The summed E-state index contributed by atoms with van der Waals surface area (Å²) >= 11 is 0.751. The lowest BCUT2D eigenvalue weighted by atomic mass is 9.93. The molecule has 0 unspecified atom stereocenters. The number of anilines is 1. The number of hydrogen-bond donors (Lipinski definition) is 0. The summed E-state index contributed by atoms with van der Waals surface area (Å²) in [6.07, 6.45) is -0.104. The van der Waals surface area contributed by atoms with Gasteiger partial charge in [-0.05, 0) is 31.7 Å². The minimum Gasteiger partial charge on any atom is -0.379 e. The Hall–Kier alpha value is -0.860. The molecular weight excluding hydrogens is 327 g/mol. The predicted octanol–water partition coefficient (Wildman–Crippen LogP) is 3.10. The Bertz CT molecular complexity index is 494. The van der Waals surface area contributed by atoms with E-state index in [2.05, 4.69) is 9.88 Å². The van der Waals surface area contributed by atoms with Crippen molar-refractivity contribution >= 4 is 16.5 Å². The van der Waals surface area contributed by atoms with Crippen molar-refractivity contribution in [2.24, 2.45) is 5.92 Å². The summed E-state index contributed by atoms with van der Waals surface area (Å²) in [6.45, 7) is 6.38. The number of ether oxygens (including phenoxy) is 1. The molecule has 3 heterocycles. The molecule has 2 fully saturated rings. The van der Waals surface area contributed by atoms with Crippen molar-refractivity contribution in [1.82, 2.24) is 9.88 Å². The van der Waals surface area contributed by atoms with Crippen LogP contribution in [0, 0.1) is 5.92 Å². The van der Waals surface area contributed by atoms with Crippen LogP contribution in [0.1, 0.15) is 24.1 Å². The van der Waals surface area contributed by atoms with Crippen LogP contribution < -0.4 is 4.90 Å². The van der Waals surface area contributed by atoms with Gasteiger partial charge in [-0.1, -0.05) is 11.3 Å². The number of morpholine rings is 1. The fourth-order valence-corrected chi connectivity index (χ4v) is 3.98. The molecule has 8 heteroatoms. The minimum atomic E-state index is -4.29. The number of alkyl halides is 3. The normalized spacial score (nSPS) is 21.8. The fourth-order valence-electron chi connectivity index (χ4n) is 3.14. The standard InChI is InChI=1S/C15H22F3N3OS/c16-15(17,18)13-11-19-14(23-13)21-5-2-12(3-6-21)1-4-20-7-9-22-10-8-20/h11-12H,1-10H2. The van der Waals surface area contributed by atoms with Gasteiger partial charge in [0.2, 0.25) is 0 Å². The largest absolute Gasteiger partial charge is 0.427 e. The minimum absolute atomic E-state index is 0.504. The maximum Gasteiger partial charge on any atom is 0.427 e. The Labute approximate surface area is 138 Å². The van der Waals surface area contributed by atoms with Crippen LogP contribution in [0.25, 0.3) is 0 Å². The van der Waals surface area contributed by atoms with Crippen molar-refractivity contribution in [2.75, 3.05) is 50.8 Å². The maximum atomic E-state index is 12.6. The highest BCUT2D eigenvalue weighted by atomic mass is 32.1. The molecule has 0 saturated carbocycles. The van der Waals surface area contributed by atoms with Crippen LogP contribution in [0.4, 0.5) is 18.3 Å². The lowest BCUT2D eigenvalue weighted by Gasteiger charge is -2.33. The molecule has 0 aromatic carbocycles. The van der Waals surface area contributed by atoms with Gasteiger partial charge in [-0.2, -0.15) is 13.2 Å². The molecule has 3 rings (SSSR count). The van der Waals surface area contributed by atoms with E-state index in [1.807, 2.05) is 4.90 Å². The fraction of sp³-hybridized carbons (Fsp3) is 0.800. The average Bonchev–Trinajstić information content (AvgIpc) is 3.05. The van der Waals surface area contributed by atoms with Crippen LogP contribution in [0.15, 0.2) is 6.20 Å². The van der Waals surface area contributed by atoms with E-state index in [1.165, 1.54) is 6.42 Å². The molecule has 0 aliphatic carbocycles. The van der Waals surface area contributed by atoms with Gasteiger partial charge < -0.3 is 9.64 Å². The van der Waals surface area contributed by atoms with Crippen LogP contribution in [-0.4, -0.2) is 55.8 Å². The Morgan fingerprint density at radius 3 is 2.48 bits per heavy atom. The van der Waals surface area contributed by atoms with Gasteiger partial charge in [-0.3, -0.25) is 4.90 Å². The van der Waals surface area contributed by atoms with Crippen LogP contribution in [0.2, 0.25) is 0 Å². The molecule has 0 N–H and O–H groups in total. The van der Waals surface area contributed by atoms with Gasteiger partial charge in [-0.15, -0.1) is 0 Å². The average molecular weight is 349 g/mol.